The Bertz CT molecular complexity index is 1940. The van der Waals surface area contributed by atoms with Gasteiger partial charge in [-0.15, -0.1) is 0 Å². The second kappa shape index (κ2) is 12.1. The summed E-state index contributed by atoms with van der Waals surface area (Å²) in [7, 11) is 6.50. The maximum Gasteiger partial charge on any atom is 0.271 e. The molecule has 2 aliphatic rings. The Labute approximate surface area is 258 Å². The minimum absolute atomic E-state index is 0.0824. The highest BCUT2D eigenvalue weighted by atomic mass is 35.5. The number of thiazole rings is 1. The van der Waals surface area contributed by atoms with E-state index in [-0.39, 0.29) is 11.6 Å². The van der Waals surface area contributed by atoms with E-state index in [1.54, 1.807) is 28.4 Å². The van der Waals surface area contributed by atoms with E-state index in [0.717, 1.165) is 52.8 Å². The molecular weight excluding hydrogens is 584 g/mol. The van der Waals surface area contributed by atoms with Gasteiger partial charge in [0.2, 0.25) is 0 Å². The van der Waals surface area contributed by atoms with Crippen LogP contribution in [0.2, 0.25) is 5.02 Å². The molecule has 3 aromatic carbocycles. The monoisotopic (exact) mass is 614 g/mol. The van der Waals surface area contributed by atoms with E-state index in [4.69, 9.17) is 35.5 Å². The first-order chi connectivity index (χ1) is 20.9. The number of halogens is 1. The number of methoxy groups -OCH3 is 4. The second-order valence-corrected chi connectivity index (χ2v) is 11.7. The van der Waals surface area contributed by atoms with Crippen LogP contribution in [0.25, 0.3) is 12.2 Å². The van der Waals surface area contributed by atoms with Gasteiger partial charge in [0.05, 0.1) is 44.7 Å². The molecular formula is C34H31ClN2O5S. The highest BCUT2D eigenvalue weighted by Crippen LogP contribution is 2.43. The zero-order valence-corrected chi connectivity index (χ0v) is 25.9. The van der Waals surface area contributed by atoms with Crippen molar-refractivity contribution >= 4 is 35.1 Å². The van der Waals surface area contributed by atoms with Gasteiger partial charge in [0.15, 0.2) is 27.8 Å². The van der Waals surface area contributed by atoms with Crippen molar-refractivity contribution in [1.29, 1.82) is 0 Å². The number of nitrogens with zero attached hydrogens (tertiary/aromatic N) is 2. The van der Waals surface area contributed by atoms with Gasteiger partial charge in [0, 0.05) is 5.02 Å². The number of aromatic nitrogens is 1. The molecule has 4 aromatic rings. The molecule has 0 saturated carbocycles. The fourth-order valence-electron chi connectivity index (χ4n) is 5.73. The molecule has 7 nitrogen and oxygen atoms in total. The summed E-state index contributed by atoms with van der Waals surface area (Å²) in [5, 5.41) is 0.647. The van der Waals surface area contributed by atoms with Crippen molar-refractivity contribution in [3.05, 3.63) is 119 Å². The minimum atomic E-state index is -0.340. The number of allylic oxidation sites excluding steroid dienone is 2. The lowest BCUT2D eigenvalue weighted by molar-refractivity contribution is 0.354. The van der Waals surface area contributed by atoms with Crippen molar-refractivity contribution in [1.82, 2.24) is 4.57 Å². The van der Waals surface area contributed by atoms with Gasteiger partial charge in [0.1, 0.15) is 0 Å². The molecule has 1 aliphatic carbocycles. The fourth-order valence-corrected chi connectivity index (χ4v) is 6.86. The first kappa shape index (κ1) is 28.8. The SMILES string of the molecule is COc1ccc(/C=C2\CCCC3=C2N=c2s/c(=C\c4ccc(Cl)cc4)c(=O)n2C3c2ccc(OC)c(OC)c2)cc1OC. The summed E-state index contributed by atoms with van der Waals surface area (Å²) in [6.07, 6.45) is 6.69. The van der Waals surface area contributed by atoms with E-state index in [1.807, 2.05) is 71.3 Å². The predicted molar refractivity (Wildman–Crippen MR) is 170 cm³/mol. The van der Waals surface area contributed by atoms with Crippen molar-refractivity contribution in [3.63, 3.8) is 0 Å². The molecule has 6 rings (SSSR count). The van der Waals surface area contributed by atoms with Crippen LogP contribution in [0.1, 0.15) is 42.0 Å². The third-order valence-electron chi connectivity index (χ3n) is 7.77. The summed E-state index contributed by atoms with van der Waals surface area (Å²) in [5.41, 5.74) is 5.90. The molecule has 0 saturated heterocycles. The topological polar surface area (TPSA) is 71.3 Å². The zero-order valence-electron chi connectivity index (χ0n) is 24.3. The lowest BCUT2D eigenvalue weighted by Crippen LogP contribution is -2.39. The van der Waals surface area contributed by atoms with E-state index < -0.39 is 0 Å². The average Bonchev–Trinajstić information content (AvgIpc) is 3.34. The third kappa shape index (κ3) is 5.48. The van der Waals surface area contributed by atoms with Gasteiger partial charge in [-0.2, -0.15) is 0 Å². The average molecular weight is 615 g/mol. The van der Waals surface area contributed by atoms with Gasteiger partial charge in [-0.25, -0.2) is 4.99 Å². The zero-order chi connectivity index (χ0) is 30.1. The van der Waals surface area contributed by atoms with Gasteiger partial charge in [-0.05, 0) is 95.6 Å². The molecule has 0 fully saturated rings. The van der Waals surface area contributed by atoms with Crippen LogP contribution in [-0.2, 0) is 0 Å². The van der Waals surface area contributed by atoms with Crippen LogP contribution < -0.4 is 33.8 Å². The smallest absolute Gasteiger partial charge is 0.271 e. The number of ether oxygens (including phenoxy) is 4. The molecule has 0 spiro atoms. The normalized spacial score (nSPS) is 17.3. The van der Waals surface area contributed by atoms with Crippen LogP contribution in [0.5, 0.6) is 23.0 Å². The summed E-state index contributed by atoms with van der Waals surface area (Å²) in [6, 6.07) is 18.9. The number of fused-ring (bicyclic) bond motifs is 1. The quantitative estimate of drug-likeness (QED) is 0.249. The van der Waals surface area contributed by atoms with E-state index in [0.29, 0.717) is 37.4 Å². The number of rotatable bonds is 7. The Kier molecular flexibility index (Phi) is 8.15. The fraction of sp³-hybridized carbons (Fsp3) is 0.235. The molecule has 0 bridgehead atoms. The van der Waals surface area contributed by atoms with Crippen molar-refractivity contribution in [2.24, 2.45) is 4.99 Å². The molecule has 1 aromatic heterocycles. The summed E-state index contributed by atoms with van der Waals surface area (Å²) in [6.45, 7) is 0. The van der Waals surface area contributed by atoms with E-state index in [9.17, 15) is 4.79 Å². The Morgan fingerprint density at radius 3 is 2.16 bits per heavy atom. The van der Waals surface area contributed by atoms with Crippen LogP contribution >= 0.6 is 22.9 Å². The first-order valence-corrected chi connectivity index (χ1v) is 15.1. The summed E-state index contributed by atoms with van der Waals surface area (Å²) in [5.74, 6) is 2.59. The Balaban J connectivity index is 1.57. The lowest BCUT2D eigenvalue weighted by atomic mass is 9.83. The molecule has 1 unspecified atom stereocenters. The van der Waals surface area contributed by atoms with Crippen LogP contribution in [0.15, 0.2) is 87.3 Å². The minimum Gasteiger partial charge on any atom is -0.493 e. The maximum atomic E-state index is 14.1. The van der Waals surface area contributed by atoms with Crippen LogP contribution in [0.3, 0.4) is 0 Å². The van der Waals surface area contributed by atoms with Crippen molar-refractivity contribution in [3.8, 4) is 23.0 Å². The van der Waals surface area contributed by atoms with E-state index in [1.165, 1.54) is 11.3 Å². The molecule has 1 aliphatic heterocycles. The van der Waals surface area contributed by atoms with Gasteiger partial charge in [0.25, 0.3) is 5.56 Å². The molecule has 0 radical (unpaired) electrons. The third-order valence-corrected chi connectivity index (χ3v) is 9.01. The van der Waals surface area contributed by atoms with E-state index >= 15 is 0 Å². The van der Waals surface area contributed by atoms with E-state index in [2.05, 4.69) is 6.08 Å². The highest BCUT2D eigenvalue weighted by Gasteiger charge is 2.33. The molecule has 9 heteroatoms. The molecule has 220 valence electrons. The van der Waals surface area contributed by atoms with Crippen molar-refractivity contribution in [2.45, 2.75) is 25.3 Å². The molecule has 0 N–H and O–H groups in total. The summed E-state index contributed by atoms with van der Waals surface area (Å²) in [4.78, 5) is 19.9. The largest absolute Gasteiger partial charge is 0.493 e. The van der Waals surface area contributed by atoms with Gasteiger partial charge in [-0.1, -0.05) is 47.2 Å². The van der Waals surface area contributed by atoms with Gasteiger partial charge >= 0.3 is 0 Å². The first-order valence-electron chi connectivity index (χ1n) is 13.9. The Morgan fingerprint density at radius 2 is 1.47 bits per heavy atom. The summed E-state index contributed by atoms with van der Waals surface area (Å²) >= 11 is 7.49. The van der Waals surface area contributed by atoms with Crippen LogP contribution in [0, 0.1) is 0 Å². The Hall–Kier alpha value is -4.27. The number of benzene rings is 3. The van der Waals surface area contributed by atoms with Crippen molar-refractivity contribution in [2.75, 3.05) is 28.4 Å². The van der Waals surface area contributed by atoms with Crippen LogP contribution in [-0.4, -0.2) is 33.0 Å². The summed E-state index contributed by atoms with van der Waals surface area (Å²) < 4.78 is 24.6. The number of hydrogen-bond acceptors (Lipinski definition) is 7. The standard InChI is InChI=1S/C34H31ClN2O5S/c1-39-26-14-10-21(17-28(26)41-3)16-22-6-5-7-25-31(22)36-34-37(32(25)23-11-15-27(40-2)29(19-23)42-4)33(38)30(43-34)18-20-8-12-24(35)13-9-20/h8-19,32H,5-7H2,1-4H3/b22-16+,30-18-. The Morgan fingerprint density at radius 1 is 0.814 bits per heavy atom. The molecule has 0 amide bonds. The molecule has 1 atom stereocenters. The predicted octanol–water partition coefficient (Wildman–Crippen LogP) is 6.17. The van der Waals surface area contributed by atoms with Gasteiger partial charge < -0.3 is 18.9 Å². The molecule has 43 heavy (non-hydrogen) atoms. The highest BCUT2D eigenvalue weighted by molar-refractivity contribution is 7.07. The lowest BCUT2D eigenvalue weighted by Gasteiger charge is -2.31. The molecule has 2 heterocycles. The second-order valence-electron chi connectivity index (χ2n) is 10.3. The number of hydrogen-bond donors (Lipinski definition) is 0. The van der Waals surface area contributed by atoms with Crippen molar-refractivity contribution < 1.29 is 18.9 Å². The van der Waals surface area contributed by atoms with Gasteiger partial charge in [-0.3, -0.25) is 9.36 Å². The van der Waals surface area contributed by atoms with Crippen LogP contribution in [0.4, 0.5) is 0 Å². The maximum absolute atomic E-state index is 14.1.